The highest BCUT2D eigenvalue weighted by Gasteiger charge is 2.23. The predicted octanol–water partition coefficient (Wildman–Crippen LogP) is 2.36. The van der Waals surface area contributed by atoms with Crippen molar-refractivity contribution >= 4 is 27.3 Å². The highest BCUT2D eigenvalue weighted by molar-refractivity contribution is 7.92. The number of methoxy groups -OCH3 is 3. The van der Waals surface area contributed by atoms with E-state index in [2.05, 4.69) is 5.32 Å². The number of sulfonamides is 1. The smallest absolute Gasteiger partial charge is 0.257 e. The van der Waals surface area contributed by atoms with E-state index in [1.54, 1.807) is 31.4 Å². The Morgan fingerprint density at radius 1 is 0.963 bits per heavy atom. The van der Waals surface area contributed by atoms with Crippen LogP contribution >= 0.6 is 0 Å². The van der Waals surface area contributed by atoms with Crippen molar-refractivity contribution in [1.82, 2.24) is 0 Å². The normalized spacial score (nSPS) is 10.9. The van der Waals surface area contributed by atoms with Crippen LogP contribution in [0.1, 0.15) is 10.4 Å². The number of carbonyl (C=O) groups is 1. The minimum absolute atomic E-state index is 0.122. The lowest BCUT2D eigenvalue weighted by atomic mass is 10.1. The molecule has 0 atom stereocenters. The van der Waals surface area contributed by atoms with Crippen molar-refractivity contribution < 1.29 is 27.4 Å². The lowest BCUT2D eigenvalue weighted by Crippen LogP contribution is -2.28. The predicted molar refractivity (Wildman–Crippen MR) is 104 cm³/mol. The zero-order valence-corrected chi connectivity index (χ0v) is 16.6. The molecule has 2 rings (SSSR count). The molecule has 0 aliphatic rings. The van der Waals surface area contributed by atoms with Gasteiger partial charge < -0.3 is 19.5 Å². The molecule has 2 aromatic carbocycles. The molecule has 1 N–H and O–H groups in total. The summed E-state index contributed by atoms with van der Waals surface area (Å²) in [4.78, 5) is 12.8. The van der Waals surface area contributed by atoms with E-state index in [1.165, 1.54) is 33.4 Å². The lowest BCUT2D eigenvalue weighted by molar-refractivity contribution is 0.102. The molecule has 2 aromatic rings. The Balaban J connectivity index is 2.49. The van der Waals surface area contributed by atoms with Gasteiger partial charge >= 0.3 is 0 Å². The summed E-state index contributed by atoms with van der Waals surface area (Å²) in [5.74, 6) is 0.773. The number of hydrogen-bond acceptors (Lipinski definition) is 6. The van der Waals surface area contributed by atoms with Crippen LogP contribution < -0.4 is 23.8 Å². The SMILES string of the molecule is COc1ccc(NC(=O)c2cc(OC)c(OC)cc2N(C)S(C)(=O)=O)cc1. The molecule has 0 unspecified atom stereocenters. The number of carbonyl (C=O) groups excluding carboxylic acids is 1. The average Bonchev–Trinajstić information content (AvgIpc) is 2.66. The van der Waals surface area contributed by atoms with Crippen LogP contribution in [0.4, 0.5) is 11.4 Å². The van der Waals surface area contributed by atoms with Crippen LogP contribution in [-0.2, 0) is 10.0 Å². The third kappa shape index (κ3) is 4.62. The van der Waals surface area contributed by atoms with Crippen LogP contribution in [0.3, 0.4) is 0 Å². The van der Waals surface area contributed by atoms with E-state index in [0.717, 1.165) is 10.6 Å². The summed E-state index contributed by atoms with van der Waals surface area (Å²) in [5, 5.41) is 2.73. The van der Waals surface area contributed by atoms with Gasteiger partial charge in [0.15, 0.2) is 11.5 Å². The van der Waals surface area contributed by atoms with Gasteiger partial charge in [-0.25, -0.2) is 8.42 Å². The van der Waals surface area contributed by atoms with Gasteiger partial charge in [0, 0.05) is 18.8 Å². The molecule has 0 aliphatic heterocycles. The van der Waals surface area contributed by atoms with E-state index in [9.17, 15) is 13.2 Å². The fraction of sp³-hybridized carbons (Fsp3) is 0.278. The van der Waals surface area contributed by atoms with Gasteiger partial charge in [-0.2, -0.15) is 0 Å². The molecule has 8 nitrogen and oxygen atoms in total. The molecule has 0 aromatic heterocycles. The Bertz CT molecular complexity index is 926. The zero-order chi connectivity index (χ0) is 20.2. The van der Waals surface area contributed by atoms with Gasteiger partial charge in [-0.05, 0) is 30.3 Å². The zero-order valence-electron chi connectivity index (χ0n) is 15.8. The van der Waals surface area contributed by atoms with E-state index in [0.29, 0.717) is 22.9 Å². The first-order valence-electron chi connectivity index (χ1n) is 7.86. The third-order valence-corrected chi connectivity index (χ3v) is 5.12. The second-order valence-electron chi connectivity index (χ2n) is 5.64. The number of anilines is 2. The van der Waals surface area contributed by atoms with Crippen molar-refractivity contribution in [3.8, 4) is 17.2 Å². The first-order valence-corrected chi connectivity index (χ1v) is 9.71. The quantitative estimate of drug-likeness (QED) is 0.775. The summed E-state index contributed by atoms with van der Waals surface area (Å²) in [6.45, 7) is 0. The van der Waals surface area contributed by atoms with E-state index >= 15 is 0 Å². The minimum atomic E-state index is -3.60. The molecule has 0 saturated heterocycles. The van der Waals surface area contributed by atoms with Gasteiger partial charge in [-0.1, -0.05) is 0 Å². The van der Waals surface area contributed by atoms with Crippen LogP contribution in [-0.4, -0.2) is 49.0 Å². The van der Waals surface area contributed by atoms with Crippen molar-refractivity contribution in [2.24, 2.45) is 0 Å². The van der Waals surface area contributed by atoms with Crippen molar-refractivity contribution in [1.29, 1.82) is 0 Å². The summed E-state index contributed by atoms with van der Waals surface area (Å²) in [6.07, 6.45) is 1.05. The van der Waals surface area contributed by atoms with Crippen molar-refractivity contribution in [2.45, 2.75) is 0 Å². The fourth-order valence-electron chi connectivity index (χ4n) is 2.36. The van der Waals surface area contributed by atoms with E-state index < -0.39 is 15.9 Å². The minimum Gasteiger partial charge on any atom is -0.497 e. The third-order valence-electron chi connectivity index (χ3n) is 3.93. The fourth-order valence-corrected chi connectivity index (χ4v) is 2.87. The molecule has 0 saturated carbocycles. The standard InChI is InChI=1S/C18H22N2O6S/c1-20(27(5,22)23)15-11-17(26-4)16(25-3)10-14(15)18(21)19-12-6-8-13(24-2)9-7-12/h6-11H,1-5H3,(H,19,21). The van der Waals surface area contributed by atoms with E-state index in [1.807, 2.05) is 0 Å². The summed E-state index contributed by atoms with van der Waals surface area (Å²) in [6, 6.07) is 9.65. The number of rotatable bonds is 7. The van der Waals surface area contributed by atoms with E-state index in [4.69, 9.17) is 14.2 Å². The summed E-state index contributed by atoms with van der Waals surface area (Å²) in [7, 11) is 2.17. The number of nitrogens with one attached hydrogen (secondary N) is 1. The number of ether oxygens (including phenoxy) is 3. The maximum absolute atomic E-state index is 12.8. The molecule has 9 heteroatoms. The Morgan fingerprint density at radius 3 is 2.00 bits per heavy atom. The highest BCUT2D eigenvalue weighted by Crippen LogP contribution is 2.36. The van der Waals surface area contributed by atoms with Crippen LogP contribution in [0.2, 0.25) is 0 Å². The van der Waals surface area contributed by atoms with Crippen LogP contribution in [0.25, 0.3) is 0 Å². The molecule has 0 radical (unpaired) electrons. The second-order valence-corrected chi connectivity index (χ2v) is 7.65. The van der Waals surface area contributed by atoms with Crippen molar-refractivity contribution in [3.05, 3.63) is 42.0 Å². The lowest BCUT2D eigenvalue weighted by Gasteiger charge is -2.22. The largest absolute Gasteiger partial charge is 0.497 e. The molecular weight excluding hydrogens is 372 g/mol. The summed E-state index contributed by atoms with van der Waals surface area (Å²) < 4.78 is 40.6. The highest BCUT2D eigenvalue weighted by atomic mass is 32.2. The monoisotopic (exact) mass is 394 g/mol. The van der Waals surface area contributed by atoms with Crippen LogP contribution in [0.15, 0.2) is 36.4 Å². The second kappa shape index (κ2) is 8.17. The maximum atomic E-state index is 12.8. The summed E-state index contributed by atoms with van der Waals surface area (Å²) >= 11 is 0. The van der Waals surface area contributed by atoms with Crippen molar-refractivity contribution in [2.75, 3.05) is 44.3 Å². The Labute approximate surface area is 158 Å². The molecule has 27 heavy (non-hydrogen) atoms. The molecule has 0 heterocycles. The summed E-state index contributed by atoms with van der Waals surface area (Å²) in [5.41, 5.74) is 0.820. The van der Waals surface area contributed by atoms with Crippen molar-refractivity contribution in [3.63, 3.8) is 0 Å². The first kappa shape index (κ1) is 20.4. The van der Waals surface area contributed by atoms with Gasteiger partial charge in [0.1, 0.15) is 5.75 Å². The molecular formula is C18H22N2O6S. The van der Waals surface area contributed by atoms with Crippen LogP contribution in [0, 0.1) is 0 Å². The Morgan fingerprint density at radius 2 is 1.52 bits per heavy atom. The van der Waals surface area contributed by atoms with Gasteiger partial charge in [-0.3, -0.25) is 9.10 Å². The molecule has 0 bridgehead atoms. The average molecular weight is 394 g/mol. The Kier molecular flexibility index (Phi) is 6.17. The number of nitrogens with zero attached hydrogens (tertiary/aromatic N) is 1. The van der Waals surface area contributed by atoms with Gasteiger partial charge in [0.05, 0.1) is 38.8 Å². The Hall–Kier alpha value is -2.94. The van der Waals surface area contributed by atoms with Gasteiger partial charge in [-0.15, -0.1) is 0 Å². The van der Waals surface area contributed by atoms with Gasteiger partial charge in [0.25, 0.3) is 5.91 Å². The number of amides is 1. The topological polar surface area (TPSA) is 94.2 Å². The number of benzene rings is 2. The molecule has 0 spiro atoms. The molecule has 0 fully saturated rings. The first-order chi connectivity index (χ1) is 12.7. The molecule has 1 amide bonds. The number of hydrogen-bond donors (Lipinski definition) is 1. The van der Waals surface area contributed by atoms with Crippen LogP contribution in [0.5, 0.6) is 17.2 Å². The maximum Gasteiger partial charge on any atom is 0.257 e. The van der Waals surface area contributed by atoms with E-state index in [-0.39, 0.29) is 11.3 Å². The van der Waals surface area contributed by atoms with Gasteiger partial charge in [0.2, 0.25) is 10.0 Å². The molecule has 0 aliphatic carbocycles. The molecule has 146 valence electrons.